The third kappa shape index (κ3) is 3.09. The van der Waals surface area contributed by atoms with Gasteiger partial charge in [0.1, 0.15) is 0 Å². The van der Waals surface area contributed by atoms with Gasteiger partial charge in [-0.15, -0.1) is 0 Å². The highest BCUT2D eigenvalue weighted by molar-refractivity contribution is 6.30. The minimum absolute atomic E-state index is 0.100. The number of halogens is 1. The van der Waals surface area contributed by atoms with Crippen molar-refractivity contribution in [2.24, 2.45) is 0 Å². The van der Waals surface area contributed by atoms with Gasteiger partial charge in [0.05, 0.1) is 12.2 Å². The summed E-state index contributed by atoms with van der Waals surface area (Å²) in [7, 11) is 0. The topological polar surface area (TPSA) is 61.0 Å². The number of aryl methyl sites for hydroxylation is 1. The Labute approximate surface area is 134 Å². The fraction of sp³-hybridized carbons (Fsp3) is 0.375. The molecule has 0 aliphatic carbocycles. The zero-order valence-electron chi connectivity index (χ0n) is 12.5. The Morgan fingerprint density at radius 1 is 1.50 bits per heavy atom. The molecule has 6 heteroatoms. The summed E-state index contributed by atoms with van der Waals surface area (Å²) in [6.45, 7) is 3.42. The molecule has 1 aromatic carbocycles. The van der Waals surface area contributed by atoms with Gasteiger partial charge in [0, 0.05) is 34.9 Å². The number of H-pyrrole nitrogens is 1. The van der Waals surface area contributed by atoms with Crippen LogP contribution in [-0.4, -0.2) is 27.7 Å². The Morgan fingerprint density at radius 2 is 2.36 bits per heavy atom. The summed E-state index contributed by atoms with van der Waals surface area (Å²) in [5.74, 6) is 0. The molecule has 2 amide bonds. The summed E-state index contributed by atoms with van der Waals surface area (Å²) in [4.78, 5) is 14.2. The lowest BCUT2D eigenvalue weighted by molar-refractivity contribution is 0.206. The van der Waals surface area contributed by atoms with Crippen LogP contribution in [0.1, 0.15) is 30.3 Å². The minimum Gasteiger partial charge on any atom is -0.320 e. The van der Waals surface area contributed by atoms with Gasteiger partial charge in [0.2, 0.25) is 0 Å². The number of aromatic amines is 1. The minimum atomic E-state index is -0.100. The molecule has 2 aromatic rings. The molecule has 0 radical (unpaired) electrons. The van der Waals surface area contributed by atoms with Gasteiger partial charge in [-0.2, -0.15) is 5.10 Å². The fourth-order valence-electron chi connectivity index (χ4n) is 2.74. The number of rotatable bonds is 3. The van der Waals surface area contributed by atoms with Crippen LogP contribution in [0.15, 0.2) is 24.3 Å². The van der Waals surface area contributed by atoms with Gasteiger partial charge in [-0.1, -0.05) is 31.0 Å². The van der Waals surface area contributed by atoms with E-state index in [2.05, 4.69) is 22.4 Å². The van der Waals surface area contributed by atoms with Gasteiger partial charge in [0.25, 0.3) is 0 Å². The maximum Gasteiger partial charge on any atom is 0.322 e. The SMILES string of the molecule is CCCc1n[nH]c2c1CN(C(=O)Nc1cccc(Cl)c1)CC2. The molecule has 5 nitrogen and oxygen atoms in total. The predicted molar refractivity (Wildman–Crippen MR) is 87.2 cm³/mol. The van der Waals surface area contributed by atoms with Gasteiger partial charge in [-0.3, -0.25) is 5.10 Å². The van der Waals surface area contributed by atoms with E-state index in [-0.39, 0.29) is 6.03 Å². The van der Waals surface area contributed by atoms with Gasteiger partial charge < -0.3 is 10.2 Å². The zero-order chi connectivity index (χ0) is 15.5. The molecule has 0 spiro atoms. The van der Waals surface area contributed by atoms with Crippen LogP contribution in [0.5, 0.6) is 0 Å². The summed E-state index contributed by atoms with van der Waals surface area (Å²) in [6, 6.07) is 7.08. The second kappa shape index (κ2) is 6.40. The van der Waals surface area contributed by atoms with E-state index in [0.29, 0.717) is 23.8 Å². The van der Waals surface area contributed by atoms with Gasteiger partial charge >= 0.3 is 6.03 Å². The number of hydrogen-bond acceptors (Lipinski definition) is 2. The molecule has 116 valence electrons. The van der Waals surface area contributed by atoms with Crippen molar-refractivity contribution in [3.8, 4) is 0 Å². The number of amides is 2. The number of fused-ring (bicyclic) bond motifs is 1. The summed E-state index contributed by atoms with van der Waals surface area (Å²) in [6.07, 6.45) is 2.80. The van der Waals surface area contributed by atoms with Crippen molar-refractivity contribution in [3.05, 3.63) is 46.2 Å². The van der Waals surface area contributed by atoms with Crippen molar-refractivity contribution in [1.29, 1.82) is 0 Å². The second-order valence-electron chi connectivity index (χ2n) is 5.49. The first-order chi connectivity index (χ1) is 10.7. The summed E-state index contributed by atoms with van der Waals surface area (Å²) in [5, 5.41) is 11.0. The molecule has 1 aliphatic rings. The number of hydrogen-bond donors (Lipinski definition) is 2. The van der Waals surface area contributed by atoms with E-state index in [0.717, 1.165) is 30.7 Å². The highest BCUT2D eigenvalue weighted by Crippen LogP contribution is 2.22. The van der Waals surface area contributed by atoms with E-state index in [1.165, 1.54) is 5.56 Å². The molecular weight excluding hydrogens is 300 g/mol. The third-order valence-electron chi connectivity index (χ3n) is 3.87. The maximum atomic E-state index is 12.4. The zero-order valence-corrected chi connectivity index (χ0v) is 13.3. The van der Waals surface area contributed by atoms with E-state index in [9.17, 15) is 4.79 Å². The maximum absolute atomic E-state index is 12.4. The predicted octanol–water partition coefficient (Wildman–Crippen LogP) is 3.61. The highest BCUT2D eigenvalue weighted by atomic mass is 35.5. The average Bonchev–Trinajstić information content (AvgIpc) is 2.90. The third-order valence-corrected chi connectivity index (χ3v) is 4.10. The molecule has 22 heavy (non-hydrogen) atoms. The Balaban J connectivity index is 1.71. The number of urea groups is 1. The lowest BCUT2D eigenvalue weighted by Crippen LogP contribution is -2.39. The van der Waals surface area contributed by atoms with Crippen molar-refractivity contribution in [1.82, 2.24) is 15.1 Å². The largest absolute Gasteiger partial charge is 0.322 e. The first kappa shape index (κ1) is 14.9. The molecule has 0 bridgehead atoms. The van der Waals surface area contributed by atoms with Crippen LogP contribution in [-0.2, 0) is 19.4 Å². The Hall–Kier alpha value is -2.01. The molecule has 0 fully saturated rings. The normalized spacial score (nSPS) is 13.8. The van der Waals surface area contributed by atoms with E-state index in [1.807, 2.05) is 17.0 Å². The molecule has 2 heterocycles. The van der Waals surface area contributed by atoms with Crippen molar-refractivity contribution in [2.75, 3.05) is 11.9 Å². The molecule has 3 rings (SSSR count). The summed E-state index contributed by atoms with van der Waals surface area (Å²) < 4.78 is 0. The number of nitrogens with one attached hydrogen (secondary N) is 2. The molecule has 0 saturated heterocycles. The van der Waals surface area contributed by atoms with Gasteiger partial charge in [0.15, 0.2) is 0 Å². The van der Waals surface area contributed by atoms with Crippen molar-refractivity contribution in [2.45, 2.75) is 32.7 Å². The van der Waals surface area contributed by atoms with Crippen LogP contribution in [0.2, 0.25) is 5.02 Å². The fourth-order valence-corrected chi connectivity index (χ4v) is 2.93. The number of carbonyl (C=O) groups is 1. The smallest absolute Gasteiger partial charge is 0.320 e. The quantitative estimate of drug-likeness (QED) is 0.908. The lowest BCUT2D eigenvalue weighted by Gasteiger charge is -2.27. The number of carbonyl (C=O) groups excluding carboxylic acids is 1. The lowest BCUT2D eigenvalue weighted by atomic mass is 10.0. The Bertz CT molecular complexity index is 683. The van der Waals surface area contributed by atoms with E-state index in [4.69, 9.17) is 11.6 Å². The molecular formula is C16H19ClN4O. The van der Waals surface area contributed by atoms with E-state index < -0.39 is 0 Å². The molecule has 0 atom stereocenters. The highest BCUT2D eigenvalue weighted by Gasteiger charge is 2.24. The number of nitrogens with zero attached hydrogens (tertiary/aromatic N) is 2. The standard InChI is InChI=1S/C16H19ClN4O/c1-2-4-14-13-10-21(8-7-15(13)20-19-14)16(22)18-12-6-3-5-11(17)9-12/h3,5-6,9H,2,4,7-8,10H2,1H3,(H,18,22)(H,19,20). The van der Waals surface area contributed by atoms with E-state index >= 15 is 0 Å². The summed E-state index contributed by atoms with van der Waals surface area (Å²) in [5.41, 5.74) is 4.13. The number of anilines is 1. The molecule has 1 aromatic heterocycles. The van der Waals surface area contributed by atoms with Crippen molar-refractivity contribution in [3.63, 3.8) is 0 Å². The van der Waals surface area contributed by atoms with E-state index in [1.54, 1.807) is 12.1 Å². The van der Waals surface area contributed by atoms with Gasteiger partial charge in [-0.25, -0.2) is 4.79 Å². The van der Waals surface area contributed by atoms with Crippen LogP contribution in [0.3, 0.4) is 0 Å². The summed E-state index contributed by atoms with van der Waals surface area (Å²) >= 11 is 5.94. The molecule has 1 aliphatic heterocycles. The first-order valence-corrected chi connectivity index (χ1v) is 7.91. The van der Waals surface area contributed by atoms with Crippen LogP contribution in [0.4, 0.5) is 10.5 Å². The first-order valence-electron chi connectivity index (χ1n) is 7.54. The average molecular weight is 319 g/mol. The Morgan fingerprint density at radius 3 is 3.14 bits per heavy atom. The van der Waals surface area contributed by atoms with Crippen LogP contribution in [0, 0.1) is 0 Å². The van der Waals surface area contributed by atoms with Crippen LogP contribution < -0.4 is 5.32 Å². The number of benzene rings is 1. The van der Waals surface area contributed by atoms with Gasteiger partial charge in [-0.05, 0) is 24.6 Å². The molecule has 0 saturated carbocycles. The van der Waals surface area contributed by atoms with Crippen LogP contribution in [0.25, 0.3) is 0 Å². The van der Waals surface area contributed by atoms with Crippen molar-refractivity contribution >= 4 is 23.3 Å². The monoisotopic (exact) mass is 318 g/mol. The second-order valence-corrected chi connectivity index (χ2v) is 5.93. The molecule has 0 unspecified atom stereocenters. The van der Waals surface area contributed by atoms with Crippen LogP contribution >= 0.6 is 11.6 Å². The molecule has 2 N–H and O–H groups in total. The Kier molecular flexibility index (Phi) is 4.34. The number of aromatic nitrogens is 2. The van der Waals surface area contributed by atoms with Crippen molar-refractivity contribution < 1.29 is 4.79 Å².